The Kier molecular flexibility index (Phi) is 4.34. The molecule has 21 heavy (non-hydrogen) atoms. The number of ether oxygens (including phenoxy) is 1. The van der Waals surface area contributed by atoms with Gasteiger partial charge in [-0.15, -0.1) is 0 Å². The molecule has 2 rings (SSSR count). The summed E-state index contributed by atoms with van der Waals surface area (Å²) in [6.07, 6.45) is 0. The SMILES string of the molecule is CCn1nc(C)cc1COc1ccc(C)cc1S(N)(=O)=O. The Hall–Kier alpha value is -1.86. The number of hydrogen-bond donors (Lipinski definition) is 1. The molecule has 2 aromatic rings. The number of benzene rings is 1. The summed E-state index contributed by atoms with van der Waals surface area (Å²) in [6, 6.07) is 6.82. The Balaban J connectivity index is 2.28. The maximum Gasteiger partial charge on any atom is 0.241 e. The van der Waals surface area contributed by atoms with Gasteiger partial charge in [0, 0.05) is 6.54 Å². The Morgan fingerprint density at radius 1 is 1.29 bits per heavy atom. The molecule has 0 saturated carbocycles. The van der Waals surface area contributed by atoms with Crippen LogP contribution >= 0.6 is 0 Å². The van der Waals surface area contributed by atoms with E-state index in [1.807, 2.05) is 24.6 Å². The standard InChI is InChI=1S/C14H19N3O3S/c1-4-17-12(8-11(3)16-17)9-20-13-6-5-10(2)7-14(13)21(15,18)19/h5-8H,4,9H2,1-3H3,(H2,15,18,19). The van der Waals surface area contributed by atoms with Crippen LogP contribution in [0.4, 0.5) is 0 Å². The Labute approximate surface area is 124 Å². The van der Waals surface area contributed by atoms with Gasteiger partial charge in [-0.3, -0.25) is 4.68 Å². The summed E-state index contributed by atoms with van der Waals surface area (Å²) in [6.45, 7) is 6.64. The van der Waals surface area contributed by atoms with Crippen molar-refractivity contribution in [2.75, 3.05) is 0 Å². The Morgan fingerprint density at radius 2 is 2.00 bits per heavy atom. The van der Waals surface area contributed by atoms with Gasteiger partial charge in [-0.25, -0.2) is 13.6 Å². The van der Waals surface area contributed by atoms with Crippen molar-refractivity contribution >= 4 is 10.0 Å². The van der Waals surface area contributed by atoms with Gasteiger partial charge in [0.05, 0.1) is 11.4 Å². The smallest absolute Gasteiger partial charge is 0.241 e. The van der Waals surface area contributed by atoms with E-state index in [0.717, 1.165) is 23.5 Å². The summed E-state index contributed by atoms with van der Waals surface area (Å²) in [5, 5.41) is 9.55. The minimum absolute atomic E-state index is 0.00165. The van der Waals surface area contributed by atoms with Gasteiger partial charge in [-0.1, -0.05) is 6.07 Å². The maximum absolute atomic E-state index is 11.6. The van der Waals surface area contributed by atoms with Crippen molar-refractivity contribution in [3.05, 3.63) is 41.2 Å². The molecule has 0 aliphatic rings. The van der Waals surface area contributed by atoms with Gasteiger partial charge >= 0.3 is 0 Å². The summed E-state index contributed by atoms with van der Waals surface area (Å²) in [4.78, 5) is 0.00165. The molecule has 2 N–H and O–H groups in total. The second-order valence-electron chi connectivity index (χ2n) is 4.88. The Bertz CT molecular complexity index is 751. The molecule has 0 aliphatic carbocycles. The first kappa shape index (κ1) is 15.5. The minimum atomic E-state index is -3.82. The number of nitrogens with two attached hydrogens (primary N) is 1. The maximum atomic E-state index is 11.6. The van der Waals surface area contributed by atoms with E-state index in [2.05, 4.69) is 5.10 Å². The zero-order chi connectivity index (χ0) is 15.6. The summed E-state index contributed by atoms with van der Waals surface area (Å²) < 4.78 is 30.7. The van der Waals surface area contributed by atoms with E-state index in [1.165, 1.54) is 6.07 Å². The lowest BCUT2D eigenvalue weighted by Crippen LogP contribution is -2.14. The van der Waals surface area contributed by atoms with E-state index in [9.17, 15) is 8.42 Å². The first-order chi connectivity index (χ1) is 9.81. The zero-order valence-electron chi connectivity index (χ0n) is 12.3. The van der Waals surface area contributed by atoms with Crippen molar-refractivity contribution in [2.24, 2.45) is 5.14 Å². The molecule has 0 radical (unpaired) electrons. The lowest BCUT2D eigenvalue weighted by Gasteiger charge is -2.11. The summed E-state index contributed by atoms with van der Waals surface area (Å²) >= 11 is 0. The van der Waals surface area contributed by atoms with Gasteiger partial charge in [-0.05, 0) is 44.5 Å². The number of hydrogen-bond acceptors (Lipinski definition) is 4. The minimum Gasteiger partial charge on any atom is -0.486 e. The molecule has 0 fully saturated rings. The number of nitrogens with zero attached hydrogens (tertiary/aromatic N) is 2. The fourth-order valence-corrected chi connectivity index (χ4v) is 2.86. The highest BCUT2D eigenvalue weighted by Crippen LogP contribution is 2.25. The number of primary sulfonamides is 1. The van der Waals surface area contributed by atoms with Crippen LogP contribution in [0.3, 0.4) is 0 Å². The molecule has 1 aromatic heterocycles. The van der Waals surface area contributed by atoms with Crippen molar-refractivity contribution in [3.8, 4) is 5.75 Å². The first-order valence-electron chi connectivity index (χ1n) is 6.61. The van der Waals surface area contributed by atoms with Crippen LogP contribution in [0, 0.1) is 13.8 Å². The predicted octanol–water partition coefficient (Wildman–Crippen LogP) is 1.75. The molecule has 6 nitrogen and oxygen atoms in total. The number of aromatic nitrogens is 2. The van der Waals surface area contributed by atoms with Crippen molar-refractivity contribution in [1.29, 1.82) is 0 Å². The van der Waals surface area contributed by atoms with Gasteiger partial charge < -0.3 is 4.74 Å². The molecule has 7 heteroatoms. The van der Waals surface area contributed by atoms with E-state index < -0.39 is 10.0 Å². The molecular weight excluding hydrogens is 290 g/mol. The molecule has 1 heterocycles. The fraction of sp³-hybridized carbons (Fsp3) is 0.357. The lowest BCUT2D eigenvalue weighted by atomic mass is 10.2. The van der Waals surface area contributed by atoms with Gasteiger partial charge in [0.2, 0.25) is 10.0 Å². The monoisotopic (exact) mass is 309 g/mol. The quantitative estimate of drug-likeness (QED) is 0.911. The van der Waals surface area contributed by atoms with Crippen LogP contribution < -0.4 is 9.88 Å². The third-order valence-corrected chi connectivity index (χ3v) is 4.00. The summed E-state index contributed by atoms with van der Waals surface area (Å²) in [5.41, 5.74) is 2.59. The molecule has 0 atom stereocenters. The van der Waals surface area contributed by atoms with Crippen LogP contribution in [-0.2, 0) is 23.2 Å². The average molecular weight is 309 g/mol. The van der Waals surface area contributed by atoms with Crippen LogP contribution in [-0.4, -0.2) is 18.2 Å². The van der Waals surface area contributed by atoms with Crippen LogP contribution in [0.2, 0.25) is 0 Å². The highest BCUT2D eigenvalue weighted by molar-refractivity contribution is 7.89. The van der Waals surface area contributed by atoms with Crippen molar-refractivity contribution in [2.45, 2.75) is 38.8 Å². The zero-order valence-corrected chi connectivity index (χ0v) is 13.1. The van der Waals surface area contributed by atoms with E-state index >= 15 is 0 Å². The highest BCUT2D eigenvalue weighted by Gasteiger charge is 2.16. The average Bonchev–Trinajstić information content (AvgIpc) is 2.76. The lowest BCUT2D eigenvalue weighted by molar-refractivity contribution is 0.285. The fourth-order valence-electron chi connectivity index (χ4n) is 2.10. The predicted molar refractivity (Wildman–Crippen MR) is 79.5 cm³/mol. The molecule has 0 amide bonds. The van der Waals surface area contributed by atoms with E-state index in [-0.39, 0.29) is 17.3 Å². The number of aryl methyl sites for hydroxylation is 3. The van der Waals surface area contributed by atoms with Crippen molar-refractivity contribution < 1.29 is 13.2 Å². The van der Waals surface area contributed by atoms with Crippen molar-refractivity contribution in [1.82, 2.24) is 9.78 Å². The third kappa shape index (κ3) is 3.62. The molecule has 1 aromatic carbocycles. The van der Waals surface area contributed by atoms with Crippen LogP contribution in [0.5, 0.6) is 5.75 Å². The van der Waals surface area contributed by atoms with E-state index in [4.69, 9.17) is 9.88 Å². The third-order valence-electron chi connectivity index (χ3n) is 3.07. The topological polar surface area (TPSA) is 87.2 Å². The highest BCUT2D eigenvalue weighted by atomic mass is 32.2. The summed E-state index contributed by atoms with van der Waals surface area (Å²) in [7, 11) is -3.82. The Morgan fingerprint density at radius 3 is 2.62 bits per heavy atom. The molecular formula is C14H19N3O3S. The van der Waals surface area contributed by atoms with Gasteiger partial charge in [-0.2, -0.15) is 5.10 Å². The molecule has 0 saturated heterocycles. The molecule has 0 unspecified atom stereocenters. The van der Waals surface area contributed by atoms with Crippen LogP contribution in [0.15, 0.2) is 29.2 Å². The van der Waals surface area contributed by atoms with Crippen LogP contribution in [0.1, 0.15) is 23.9 Å². The first-order valence-corrected chi connectivity index (χ1v) is 8.15. The number of rotatable bonds is 5. The number of sulfonamides is 1. The second kappa shape index (κ2) is 5.87. The molecule has 0 bridgehead atoms. The van der Waals surface area contributed by atoms with Gasteiger partial charge in [0.15, 0.2) is 0 Å². The second-order valence-corrected chi connectivity index (χ2v) is 6.41. The normalized spacial score (nSPS) is 11.6. The van der Waals surface area contributed by atoms with Gasteiger partial charge in [0.25, 0.3) is 0 Å². The van der Waals surface area contributed by atoms with Gasteiger partial charge in [0.1, 0.15) is 17.3 Å². The molecule has 0 spiro atoms. The van der Waals surface area contributed by atoms with E-state index in [1.54, 1.807) is 19.1 Å². The van der Waals surface area contributed by atoms with Crippen LogP contribution in [0.25, 0.3) is 0 Å². The largest absolute Gasteiger partial charge is 0.486 e. The summed E-state index contributed by atoms with van der Waals surface area (Å²) in [5.74, 6) is 0.254. The molecule has 0 aliphatic heterocycles. The molecule has 114 valence electrons. The van der Waals surface area contributed by atoms with Crippen molar-refractivity contribution in [3.63, 3.8) is 0 Å². The van der Waals surface area contributed by atoms with E-state index in [0.29, 0.717) is 0 Å².